The summed E-state index contributed by atoms with van der Waals surface area (Å²) in [5.74, 6) is 1.02. The van der Waals surface area contributed by atoms with Crippen LogP contribution in [0.25, 0.3) is 0 Å². The number of H-pyrrole nitrogens is 1. The molecule has 0 fully saturated rings. The van der Waals surface area contributed by atoms with Crippen LogP contribution in [0.15, 0.2) is 44.6 Å². The Morgan fingerprint density at radius 3 is 2.82 bits per heavy atom. The summed E-state index contributed by atoms with van der Waals surface area (Å²) < 4.78 is 5.95. The van der Waals surface area contributed by atoms with Crippen LogP contribution in [0.1, 0.15) is 18.2 Å². The van der Waals surface area contributed by atoms with E-state index >= 15 is 0 Å². The van der Waals surface area contributed by atoms with E-state index in [1.807, 2.05) is 31.2 Å². The standard InChI is InChI=1S/C20H22N6O4S3/c1-3-31-20-26-25-19(33-20)24-17(29)11-32-18-22-13(9-16(28)23-18)8-15(27)21-10-12-5-4-6-14(7-12)30-2/h4-7,9H,3,8,10-11H2,1-2H3,(H,21,27)(H,22,23,28)(H,24,25,29). The molecule has 0 aliphatic heterocycles. The number of hydrogen-bond donors (Lipinski definition) is 3. The maximum absolute atomic E-state index is 12.3. The average Bonchev–Trinajstić information content (AvgIpc) is 3.23. The van der Waals surface area contributed by atoms with Crippen LogP contribution in [0.3, 0.4) is 0 Å². The summed E-state index contributed by atoms with van der Waals surface area (Å²) in [5, 5.41) is 14.0. The first-order valence-corrected chi connectivity index (χ1v) is 12.6. The summed E-state index contributed by atoms with van der Waals surface area (Å²) >= 11 is 3.91. The summed E-state index contributed by atoms with van der Waals surface area (Å²) in [6.07, 6.45) is -0.0592. The van der Waals surface area contributed by atoms with Gasteiger partial charge in [-0.1, -0.05) is 53.9 Å². The third kappa shape index (κ3) is 8.18. The molecule has 0 atom stereocenters. The number of hydrogen-bond acceptors (Lipinski definition) is 10. The molecule has 1 aromatic carbocycles. The predicted octanol–water partition coefficient (Wildman–Crippen LogP) is 2.33. The Labute approximate surface area is 202 Å². The Kier molecular flexibility index (Phi) is 9.27. The number of nitrogens with zero attached hydrogens (tertiary/aromatic N) is 3. The summed E-state index contributed by atoms with van der Waals surface area (Å²) in [7, 11) is 1.58. The maximum atomic E-state index is 12.3. The van der Waals surface area contributed by atoms with Crippen molar-refractivity contribution in [2.24, 2.45) is 0 Å². The number of carbonyl (C=O) groups excluding carboxylic acids is 2. The SMILES string of the molecule is CCSc1nnc(NC(=O)CSc2nc(CC(=O)NCc3cccc(OC)c3)cc(=O)[nH]2)s1. The van der Waals surface area contributed by atoms with Crippen molar-refractivity contribution in [3.8, 4) is 5.75 Å². The normalized spacial score (nSPS) is 10.6. The van der Waals surface area contributed by atoms with Gasteiger partial charge in [-0.2, -0.15) is 0 Å². The molecule has 0 bridgehead atoms. The molecule has 0 aliphatic rings. The highest BCUT2D eigenvalue weighted by Gasteiger charge is 2.12. The summed E-state index contributed by atoms with van der Waals surface area (Å²) in [4.78, 5) is 43.3. The molecule has 2 heterocycles. The number of aromatic amines is 1. The van der Waals surface area contributed by atoms with Gasteiger partial charge >= 0.3 is 0 Å². The summed E-state index contributed by atoms with van der Waals surface area (Å²) in [5.41, 5.74) is 0.809. The number of benzene rings is 1. The number of rotatable bonds is 11. The minimum Gasteiger partial charge on any atom is -0.497 e. The molecular weight excluding hydrogens is 484 g/mol. The van der Waals surface area contributed by atoms with Gasteiger partial charge in [0.25, 0.3) is 5.56 Å². The summed E-state index contributed by atoms with van der Waals surface area (Å²) in [6.45, 7) is 2.33. The van der Waals surface area contributed by atoms with Crippen molar-refractivity contribution >= 4 is 51.8 Å². The second kappa shape index (κ2) is 12.4. The number of amides is 2. The molecule has 10 nitrogen and oxygen atoms in total. The molecule has 0 spiro atoms. The lowest BCUT2D eigenvalue weighted by Gasteiger charge is -2.07. The molecule has 2 amide bonds. The fourth-order valence-corrected chi connectivity index (χ4v) is 4.94. The molecule has 0 radical (unpaired) electrons. The van der Waals surface area contributed by atoms with Crippen molar-refractivity contribution in [3.05, 3.63) is 51.9 Å². The summed E-state index contributed by atoms with van der Waals surface area (Å²) in [6, 6.07) is 8.63. The smallest absolute Gasteiger partial charge is 0.251 e. The van der Waals surface area contributed by atoms with E-state index in [-0.39, 0.29) is 29.1 Å². The Morgan fingerprint density at radius 2 is 2.03 bits per heavy atom. The van der Waals surface area contributed by atoms with Crippen molar-refractivity contribution in [1.29, 1.82) is 0 Å². The minimum atomic E-state index is -0.395. The molecule has 174 valence electrons. The molecule has 0 saturated heterocycles. The van der Waals surface area contributed by atoms with Crippen LogP contribution in [-0.2, 0) is 22.6 Å². The first kappa shape index (κ1) is 24.7. The van der Waals surface area contributed by atoms with E-state index in [0.29, 0.717) is 23.1 Å². The lowest BCUT2D eigenvalue weighted by Crippen LogP contribution is -2.26. The van der Waals surface area contributed by atoms with Crippen LogP contribution in [0.5, 0.6) is 5.75 Å². The van der Waals surface area contributed by atoms with Gasteiger partial charge in [0, 0.05) is 12.6 Å². The van der Waals surface area contributed by atoms with E-state index < -0.39 is 5.56 Å². The third-order valence-corrected chi connectivity index (χ3v) is 6.73. The highest BCUT2D eigenvalue weighted by atomic mass is 32.2. The van der Waals surface area contributed by atoms with Gasteiger partial charge in [0.2, 0.25) is 16.9 Å². The first-order chi connectivity index (χ1) is 15.9. The number of aromatic nitrogens is 4. The third-order valence-electron chi connectivity index (χ3n) is 4.00. The van der Waals surface area contributed by atoms with E-state index in [1.54, 1.807) is 18.9 Å². The van der Waals surface area contributed by atoms with Crippen molar-refractivity contribution in [2.45, 2.75) is 29.4 Å². The van der Waals surface area contributed by atoms with Crippen molar-refractivity contribution in [1.82, 2.24) is 25.5 Å². The zero-order valence-electron chi connectivity index (χ0n) is 17.9. The van der Waals surface area contributed by atoms with Gasteiger partial charge in [-0.15, -0.1) is 10.2 Å². The minimum absolute atomic E-state index is 0.0181. The quantitative estimate of drug-likeness (QED) is 0.203. The number of methoxy groups -OCH3 is 1. The number of thioether (sulfide) groups is 2. The van der Waals surface area contributed by atoms with E-state index in [1.165, 1.54) is 17.4 Å². The Balaban J connectivity index is 1.51. The second-order valence-corrected chi connectivity index (χ2v) is 9.94. The lowest BCUT2D eigenvalue weighted by molar-refractivity contribution is -0.120. The Bertz CT molecular complexity index is 1170. The fourth-order valence-electron chi connectivity index (χ4n) is 2.58. The van der Waals surface area contributed by atoms with Gasteiger partial charge in [-0.3, -0.25) is 19.7 Å². The molecule has 13 heteroatoms. The average molecular weight is 507 g/mol. The Morgan fingerprint density at radius 1 is 1.18 bits per heavy atom. The fraction of sp³-hybridized carbons (Fsp3) is 0.300. The van der Waals surface area contributed by atoms with Crippen LogP contribution < -0.4 is 20.9 Å². The molecule has 0 saturated carbocycles. The molecule has 3 aromatic rings. The van der Waals surface area contributed by atoms with Crippen LogP contribution in [-0.4, -0.2) is 50.6 Å². The first-order valence-electron chi connectivity index (χ1n) is 9.84. The van der Waals surface area contributed by atoms with E-state index in [4.69, 9.17) is 4.74 Å². The van der Waals surface area contributed by atoms with Gasteiger partial charge in [-0.05, 0) is 23.4 Å². The Hall–Kier alpha value is -2.90. The van der Waals surface area contributed by atoms with Crippen molar-refractivity contribution in [3.63, 3.8) is 0 Å². The molecule has 0 aliphatic carbocycles. The maximum Gasteiger partial charge on any atom is 0.251 e. The molecular formula is C20H22N6O4S3. The second-order valence-electron chi connectivity index (χ2n) is 6.49. The van der Waals surface area contributed by atoms with Crippen molar-refractivity contribution < 1.29 is 14.3 Å². The van der Waals surface area contributed by atoms with Gasteiger partial charge in [0.15, 0.2) is 9.50 Å². The molecule has 33 heavy (non-hydrogen) atoms. The van der Waals surface area contributed by atoms with Gasteiger partial charge in [0.1, 0.15) is 5.75 Å². The number of anilines is 1. The number of ether oxygens (including phenoxy) is 1. The lowest BCUT2D eigenvalue weighted by atomic mass is 10.2. The van der Waals surface area contributed by atoms with Gasteiger partial charge in [0.05, 0.1) is 25.0 Å². The monoisotopic (exact) mass is 506 g/mol. The van der Waals surface area contributed by atoms with E-state index in [0.717, 1.165) is 27.4 Å². The number of carbonyl (C=O) groups is 2. The van der Waals surface area contributed by atoms with Crippen molar-refractivity contribution in [2.75, 3.05) is 23.9 Å². The van der Waals surface area contributed by atoms with E-state index in [2.05, 4.69) is 30.8 Å². The molecule has 3 N–H and O–H groups in total. The van der Waals surface area contributed by atoms with Crippen LogP contribution >= 0.6 is 34.9 Å². The van der Waals surface area contributed by atoms with E-state index in [9.17, 15) is 14.4 Å². The highest BCUT2D eigenvalue weighted by molar-refractivity contribution is 8.01. The molecule has 3 rings (SSSR count). The largest absolute Gasteiger partial charge is 0.497 e. The zero-order valence-corrected chi connectivity index (χ0v) is 20.4. The van der Waals surface area contributed by atoms with Gasteiger partial charge < -0.3 is 15.0 Å². The molecule has 2 aromatic heterocycles. The van der Waals surface area contributed by atoms with Gasteiger partial charge in [-0.25, -0.2) is 4.98 Å². The van der Waals surface area contributed by atoms with Crippen LogP contribution in [0.2, 0.25) is 0 Å². The van der Waals surface area contributed by atoms with Crippen LogP contribution in [0.4, 0.5) is 5.13 Å². The zero-order chi connectivity index (χ0) is 23.6. The highest BCUT2D eigenvalue weighted by Crippen LogP contribution is 2.25. The predicted molar refractivity (Wildman–Crippen MR) is 129 cm³/mol. The topological polar surface area (TPSA) is 139 Å². The molecule has 0 unspecified atom stereocenters. The van der Waals surface area contributed by atoms with Crippen LogP contribution in [0, 0.1) is 0 Å². The number of nitrogens with one attached hydrogen (secondary N) is 3.